The molecular weight excluding hydrogens is 276 g/mol. The molecule has 1 saturated heterocycles. The second-order valence-corrected chi connectivity index (χ2v) is 7.57. The number of carbonyl (C=O) groups excluding carboxylic acids is 1. The van der Waals surface area contributed by atoms with E-state index in [0.717, 1.165) is 15.8 Å². The zero-order chi connectivity index (χ0) is 13.6. The average molecular weight is 290 g/mol. The molecule has 1 aromatic heterocycles. The second-order valence-electron chi connectivity index (χ2n) is 4.41. The van der Waals surface area contributed by atoms with Gasteiger partial charge in [-0.05, 0) is 20.8 Å². The van der Waals surface area contributed by atoms with Crippen molar-refractivity contribution in [2.45, 2.75) is 32.1 Å². The first-order valence-corrected chi connectivity index (χ1v) is 7.65. The molecule has 7 nitrogen and oxygen atoms in total. The molecule has 18 heavy (non-hydrogen) atoms. The number of amides is 1. The van der Waals surface area contributed by atoms with Crippen LogP contribution in [0.25, 0.3) is 0 Å². The minimum Gasteiger partial charge on any atom is -0.374 e. The summed E-state index contributed by atoms with van der Waals surface area (Å²) in [6.07, 6.45) is 0. The number of anilines is 1. The number of carbonyl (C=O) groups is 1. The maximum absolute atomic E-state index is 11.9. The van der Waals surface area contributed by atoms with E-state index in [9.17, 15) is 13.2 Å². The van der Waals surface area contributed by atoms with Gasteiger partial charge in [-0.25, -0.2) is 12.7 Å². The highest BCUT2D eigenvalue weighted by molar-refractivity contribution is 7.94. The third-order valence-electron chi connectivity index (χ3n) is 2.86. The zero-order valence-corrected chi connectivity index (χ0v) is 11.9. The Morgan fingerprint density at radius 1 is 1.44 bits per heavy atom. The van der Waals surface area contributed by atoms with Gasteiger partial charge >= 0.3 is 0 Å². The lowest BCUT2D eigenvalue weighted by atomic mass is 10.2. The molecule has 9 heteroatoms. The third kappa shape index (κ3) is 1.69. The Bertz CT molecular complexity index is 578. The molecular formula is C9H14N4O3S2. The van der Waals surface area contributed by atoms with Crippen LogP contribution < -0.4 is 5.32 Å². The molecule has 2 heterocycles. The van der Waals surface area contributed by atoms with Crippen molar-refractivity contribution in [3.63, 3.8) is 0 Å². The molecule has 0 atom stereocenters. The van der Waals surface area contributed by atoms with E-state index >= 15 is 0 Å². The normalized spacial score (nSPS) is 20.6. The molecule has 1 fully saturated rings. The lowest BCUT2D eigenvalue weighted by Gasteiger charge is -2.42. The predicted octanol–water partition coefficient (Wildman–Crippen LogP) is 0.420. The Morgan fingerprint density at radius 2 is 2.11 bits per heavy atom. The van der Waals surface area contributed by atoms with Crippen molar-refractivity contribution in [1.29, 1.82) is 0 Å². The van der Waals surface area contributed by atoms with Gasteiger partial charge in [0.25, 0.3) is 15.9 Å². The maximum Gasteiger partial charge on any atom is 0.259 e. The first-order chi connectivity index (χ1) is 8.32. The summed E-state index contributed by atoms with van der Waals surface area (Å²) < 4.78 is 27.1. The molecule has 0 spiro atoms. The third-order valence-corrected chi connectivity index (χ3v) is 5.93. The van der Waals surface area contributed by atoms with Crippen LogP contribution >= 0.6 is 11.5 Å². The highest BCUT2D eigenvalue weighted by Crippen LogP contribution is 2.36. The van der Waals surface area contributed by atoms with E-state index in [2.05, 4.69) is 14.9 Å². The molecule has 0 radical (unpaired) electrons. The van der Waals surface area contributed by atoms with Gasteiger partial charge in [-0.3, -0.25) is 4.79 Å². The number of nitrogens with zero attached hydrogens (tertiary/aromatic N) is 3. The molecule has 0 bridgehead atoms. The molecule has 0 aromatic carbocycles. The molecule has 0 unspecified atom stereocenters. The van der Waals surface area contributed by atoms with Crippen LogP contribution in [0.4, 0.5) is 5.00 Å². The molecule has 1 aliphatic heterocycles. The van der Waals surface area contributed by atoms with E-state index in [-0.39, 0.29) is 6.54 Å². The number of nitrogens with one attached hydrogen (secondary N) is 1. The van der Waals surface area contributed by atoms with Gasteiger partial charge in [0, 0.05) is 18.1 Å². The van der Waals surface area contributed by atoms with E-state index in [1.165, 1.54) is 13.8 Å². The zero-order valence-electron chi connectivity index (χ0n) is 10.3. The largest absolute Gasteiger partial charge is 0.374 e. The summed E-state index contributed by atoms with van der Waals surface area (Å²) in [4.78, 5) is 11.8. The van der Waals surface area contributed by atoms with Crippen LogP contribution in [0, 0.1) is 0 Å². The summed E-state index contributed by atoms with van der Waals surface area (Å²) in [6.45, 7) is 5.36. The summed E-state index contributed by atoms with van der Waals surface area (Å²) in [5.41, 5.74) is 0.481. The lowest BCUT2D eigenvalue weighted by molar-refractivity contribution is -0.132. The second kappa shape index (κ2) is 4.16. The van der Waals surface area contributed by atoms with Gasteiger partial charge < -0.3 is 5.32 Å². The Labute approximate surface area is 109 Å². The minimum atomic E-state index is -3.56. The van der Waals surface area contributed by atoms with E-state index in [1.807, 2.05) is 6.92 Å². The van der Waals surface area contributed by atoms with E-state index < -0.39 is 20.7 Å². The number of aromatic nitrogens is 2. The number of sulfonamides is 1. The van der Waals surface area contributed by atoms with Crippen LogP contribution in [-0.2, 0) is 21.4 Å². The molecule has 0 saturated carbocycles. The van der Waals surface area contributed by atoms with Crippen molar-refractivity contribution in [2.75, 3.05) is 11.9 Å². The Hall–Kier alpha value is -1.22. The monoisotopic (exact) mass is 290 g/mol. The summed E-state index contributed by atoms with van der Waals surface area (Å²) in [5, 5.41) is 7.58. The van der Waals surface area contributed by atoms with Crippen molar-refractivity contribution in [2.24, 2.45) is 0 Å². The molecule has 2 rings (SSSR count). The van der Waals surface area contributed by atoms with Gasteiger partial charge in [0.05, 0.1) is 6.54 Å². The van der Waals surface area contributed by atoms with Crippen molar-refractivity contribution in [3.8, 4) is 0 Å². The maximum atomic E-state index is 11.9. The summed E-state index contributed by atoms with van der Waals surface area (Å²) in [6, 6.07) is 0. The fraction of sp³-hybridized carbons (Fsp3) is 0.667. The van der Waals surface area contributed by atoms with Crippen LogP contribution in [0.15, 0.2) is 0 Å². The Kier molecular flexibility index (Phi) is 3.06. The SMILES string of the molecule is CCNc1snnc1CN1C(=O)C(C)(C)S1(=O)=O. The van der Waals surface area contributed by atoms with Gasteiger partial charge in [-0.2, -0.15) is 0 Å². The smallest absolute Gasteiger partial charge is 0.259 e. The molecule has 1 aromatic rings. The van der Waals surface area contributed by atoms with E-state index in [0.29, 0.717) is 17.2 Å². The number of hydrogen-bond donors (Lipinski definition) is 1. The topological polar surface area (TPSA) is 92.3 Å². The minimum absolute atomic E-state index is 0.0522. The molecule has 1 aliphatic rings. The first kappa shape index (κ1) is 13.2. The van der Waals surface area contributed by atoms with Crippen molar-refractivity contribution >= 4 is 32.5 Å². The summed E-state index contributed by atoms with van der Waals surface area (Å²) in [7, 11) is -3.56. The fourth-order valence-electron chi connectivity index (χ4n) is 1.66. The predicted molar refractivity (Wildman–Crippen MR) is 67.6 cm³/mol. The van der Waals surface area contributed by atoms with Crippen LogP contribution in [0.2, 0.25) is 0 Å². The van der Waals surface area contributed by atoms with Crippen molar-refractivity contribution in [3.05, 3.63) is 5.69 Å². The van der Waals surface area contributed by atoms with Gasteiger partial charge in [0.2, 0.25) is 0 Å². The number of rotatable bonds is 4. The highest BCUT2D eigenvalue weighted by atomic mass is 32.2. The fourth-order valence-corrected chi connectivity index (χ4v) is 3.79. The highest BCUT2D eigenvalue weighted by Gasteiger charge is 2.60. The standard InChI is InChI=1S/C9H14N4O3S2/c1-4-10-7-6(11-12-17-7)5-13-8(14)9(2,3)18(13,15)16/h10H,4-5H2,1-3H3. The first-order valence-electron chi connectivity index (χ1n) is 5.44. The Balaban J connectivity index is 2.21. The van der Waals surface area contributed by atoms with Crippen LogP contribution in [0.1, 0.15) is 26.5 Å². The van der Waals surface area contributed by atoms with E-state index in [4.69, 9.17) is 0 Å². The van der Waals surface area contributed by atoms with Crippen molar-refractivity contribution in [1.82, 2.24) is 13.9 Å². The van der Waals surface area contributed by atoms with Crippen LogP contribution in [0.5, 0.6) is 0 Å². The van der Waals surface area contributed by atoms with Crippen molar-refractivity contribution < 1.29 is 13.2 Å². The summed E-state index contributed by atoms with van der Waals surface area (Å²) >= 11 is 1.15. The molecule has 1 amide bonds. The van der Waals surface area contributed by atoms with E-state index in [1.54, 1.807) is 0 Å². The van der Waals surface area contributed by atoms with Gasteiger partial charge in [0.15, 0.2) is 4.75 Å². The molecule has 1 N–H and O–H groups in total. The Morgan fingerprint density at radius 3 is 2.67 bits per heavy atom. The van der Waals surface area contributed by atoms with Gasteiger partial charge in [-0.1, -0.05) is 4.49 Å². The lowest BCUT2D eigenvalue weighted by Crippen LogP contribution is -2.66. The van der Waals surface area contributed by atoms with Crippen LogP contribution in [-0.4, -0.2) is 39.5 Å². The average Bonchev–Trinajstić information content (AvgIpc) is 2.72. The quantitative estimate of drug-likeness (QED) is 0.864. The molecule has 100 valence electrons. The van der Waals surface area contributed by atoms with Crippen LogP contribution in [0.3, 0.4) is 0 Å². The van der Waals surface area contributed by atoms with Gasteiger partial charge in [-0.15, -0.1) is 5.10 Å². The van der Waals surface area contributed by atoms with Gasteiger partial charge in [0.1, 0.15) is 10.7 Å². The number of hydrogen-bond acceptors (Lipinski definition) is 7. The summed E-state index contributed by atoms with van der Waals surface area (Å²) in [5.74, 6) is -0.405. The molecule has 0 aliphatic carbocycles.